The first-order valence-electron chi connectivity index (χ1n) is 9.98. The van der Waals surface area contributed by atoms with Gasteiger partial charge in [-0.25, -0.2) is 10.4 Å². The van der Waals surface area contributed by atoms with Crippen molar-refractivity contribution in [1.82, 2.24) is 9.97 Å². The molecular weight excluding hydrogens is 438 g/mol. The number of rotatable bonds is 7. The summed E-state index contributed by atoms with van der Waals surface area (Å²) in [4.78, 5) is 19.2. The molecule has 3 aromatic carbocycles. The summed E-state index contributed by atoms with van der Waals surface area (Å²) in [6, 6.07) is 25.8. The lowest BCUT2D eigenvalue weighted by atomic mass is 10.1. The number of hydrogen-bond acceptors (Lipinski definition) is 6. The molecule has 0 spiro atoms. The number of nitrogens with one attached hydrogen (secondary N) is 2. The Hall–Kier alpha value is -4.41. The summed E-state index contributed by atoms with van der Waals surface area (Å²) >= 11 is 5.91. The van der Waals surface area contributed by atoms with Crippen molar-refractivity contribution in [3.05, 3.63) is 111 Å². The third kappa shape index (κ3) is 5.64. The zero-order valence-electron chi connectivity index (χ0n) is 17.3. The van der Waals surface area contributed by atoms with Crippen molar-refractivity contribution in [2.75, 3.05) is 5.43 Å². The molecule has 0 fully saturated rings. The predicted octanol–water partition coefficient (Wildman–Crippen LogP) is 4.99. The van der Waals surface area contributed by atoms with Crippen LogP contribution in [-0.2, 0) is 6.61 Å². The third-order valence-corrected chi connectivity index (χ3v) is 4.89. The fraction of sp³-hybridized carbons (Fsp3) is 0.0400. The van der Waals surface area contributed by atoms with Gasteiger partial charge in [0.1, 0.15) is 24.0 Å². The molecule has 162 valence electrons. The van der Waals surface area contributed by atoms with E-state index in [1.54, 1.807) is 18.3 Å². The van der Waals surface area contributed by atoms with Crippen LogP contribution in [0.5, 0.6) is 5.75 Å². The van der Waals surface area contributed by atoms with Crippen LogP contribution in [0.1, 0.15) is 16.7 Å². The molecule has 0 bridgehead atoms. The number of halogens is 1. The molecule has 7 nitrogen and oxygen atoms in total. The standard InChI is InChI=1S/C25H18ClN5O2/c26-20-11-9-17(10-12-20)16-33-21-8-4-5-18(13-21)15-28-31-25-29-23(19-6-2-1-3-7-19)22(14-27)24(32)30-25/h1-13,15H,16H2,(H2,29,30,31,32). The van der Waals surface area contributed by atoms with Gasteiger partial charge in [-0.15, -0.1) is 0 Å². The summed E-state index contributed by atoms with van der Waals surface area (Å²) in [5.41, 5.74) is 4.87. The Labute approximate surface area is 195 Å². The van der Waals surface area contributed by atoms with Crippen LogP contribution < -0.4 is 15.7 Å². The van der Waals surface area contributed by atoms with Crippen molar-refractivity contribution in [3.63, 3.8) is 0 Å². The smallest absolute Gasteiger partial charge is 0.270 e. The molecule has 0 aliphatic heterocycles. The van der Waals surface area contributed by atoms with Gasteiger partial charge in [-0.05, 0) is 35.4 Å². The Morgan fingerprint density at radius 2 is 1.88 bits per heavy atom. The van der Waals surface area contributed by atoms with Crippen LogP contribution in [0.3, 0.4) is 0 Å². The maximum atomic E-state index is 12.3. The average Bonchev–Trinajstić information content (AvgIpc) is 2.84. The first-order valence-corrected chi connectivity index (χ1v) is 10.4. The highest BCUT2D eigenvalue weighted by molar-refractivity contribution is 6.30. The number of benzene rings is 3. The van der Waals surface area contributed by atoms with Gasteiger partial charge in [-0.2, -0.15) is 10.4 Å². The van der Waals surface area contributed by atoms with Gasteiger partial charge >= 0.3 is 0 Å². The van der Waals surface area contributed by atoms with Gasteiger partial charge < -0.3 is 4.74 Å². The van der Waals surface area contributed by atoms with Gasteiger partial charge in [0.05, 0.1) is 11.9 Å². The molecule has 0 atom stereocenters. The fourth-order valence-electron chi connectivity index (χ4n) is 3.03. The monoisotopic (exact) mass is 455 g/mol. The van der Waals surface area contributed by atoms with Gasteiger partial charge in [0.25, 0.3) is 5.56 Å². The van der Waals surface area contributed by atoms with Crippen molar-refractivity contribution in [2.24, 2.45) is 5.10 Å². The lowest BCUT2D eigenvalue weighted by Gasteiger charge is -2.07. The van der Waals surface area contributed by atoms with Crippen LogP contribution in [0.25, 0.3) is 11.3 Å². The van der Waals surface area contributed by atoms with E-state index in [4.69, 9.17) is 16.3 Å². The zero-order chi connectivity index (χ0) is 23.0. The van der Waals surface area contributed by atoms with Crippen molar-refractivity contribution in [2.45, 2.75) is 6.61 Å². The molecule has 0 radical (unpaired) electrons. The second-order valence-corrected chi connectivity index (χ2v) is 7.41. The number of H-pyrrole nitrogens is 1. The van der Waals surface area contributed by atoms with Gasteiger partial charge in [0.15, 0.2) is 0 Å². The molecule has 4 aromatic rings. The number of nitrogens with zero attached hydrogens (tertiary/aromatic N) is 3. The lowest BCUT2D eigenvalue weighted by Crippen LogP contribution is -2.16. The van der Waals surface area contributed by atoms with E-state index in [0.717, 1.165) is 11.1 Å². The minimum atomic E-state index is -0.540. The van der Waals surface area contributed by atoms with Gasteiger partial charge in [0, 0.05) is 10.6 Å². The number of anilines is 1. The Balaban J connectivity index is 1.46. The minimum absolute atomic E-state index is 0.0544. The van der Waals surface area contributed by atoms with E-state index in [2.05, 4.69) is 20.5 Å². The van der Waals surface area contributed by atoms with E-state index in [-0.39, 0.29) is 17.2 Å². The molecule has 0 unspecified atom stereocenters. The number of aromatic amines is 1. The van der Waals surface area contributed by atoms with Crippen LogP contribution >= 0.6 is 11.6 Å². The van der Waals surface area contributed by atoms with Gasteiger partial charge in [0.2, 0.25) is 5.95 Å². The molecule has 0 aliphatic carbocycles. The third-order valence-electron chi connectivity index (χ3n) is 4.64. The Morgan fingerprint density at radius 1 is 1.09 bits per heavy atom. The first-order chi connectivity index (χ1) is 16.1. The summed E-state index contributed by atoms with van der Waals surface area (Å²) in [5.74, 6) is 0.814. The number of aromatic nitrogens is 2. The van der Waals surface area contributed by atoms with Crippen LogP contribution in [0.15, 0.2) is 88.8 Å². The van der Waals surface area contributed by atoms with Crippen molar-refractivity contribution in [1.29, 1.82) is 5.26 Å². The summed E-state index contributed by atoms with van der Waals surface area (Å²) in [7, 11) is 0. The molecule has 0 saturated heterocycles. The molecule has 2 N–H and O–H groups in total. The Bertz CT molecular complexity index is 1380. The maximum Gasteiger partial charge on any atom is 0.270 e. The minimum Gasteiger partial charge on any atom is -0.489 e. The van der Waals surface area contributed by atoms with E-state index < -0.39 is 5.56 Å². The maximum absolute atomic E-state index is 12.3. The lowest BCUT2D eigenvalue weighted by molar-refractivity contribution is 0.306. The average molecular weight is 456 g/mol. The van der Waals surface area contributed by atoms with Crippen LogP contribution in [-0.4, -0.2) is 16.2 Å². The van der Waals surface area contributed by atoms with Gasteiger partial charge in [-0.1, -0.05) is 66.2 Å². The van der Waals surface area contributed by atoms with Crippen molar-refractivity contribution >= 4 is 23.8 Å². The van der Waals surface area contributed by atoms with E-state index in [9.17, 15) is 10.1 Å². The summed E-state index contributed by atoms with van der Waals surface area (Å²) in [6.45, 7) is 0.411. The highest BCUT2D eigenvalue weighted by Crippen LogP contribution is 2.19. The topological polar surface area (TPSA) is 103 Å². The molecule has 1 heterocycles. The Kier molecular flexibility index (Phi) is 6.78. The molecule has 8 heteroatoms. The second-order valence-electron chi connectivity index (χ2n) is 6.97. The predicted molar refractivity (Wildman–Crippen MR) is 128 cm³/mol. The number of hydrogen-bond donors (Lipinski definition) is 2. The van der Waals surface area contributed by atoms with Crippen LogP contribution in [0, 0.1) is 11.3 Å². The fourth-order valence-corrected chi connectivity index (χ4v) is 3.16. The van der Waals surface area contributed by atoms with E-state index in [0.29, 0.717) is 22.9 Å². The molecular formula is C25H18ClN5O2. The molecule has 0 aliphatic rings. The van der Waals surface area contributed by atoms with Gasteiger partial charge in [-0.3, -0.25) is 9.78 Å². The number of hydrazone groups is 1. The van der Waals surface area contributed by atoms with Crippen molar-refractivity contribution in [3.8, 4) is 23.1 Å². The molecule has 0 amide bonds. The Morgan fingerprint density at radius 3 is 2.64 bits per heavy atom. The first kappa shape index (κ1) is 21.8. The van der Waals surface area contributed by atoms with E-state index in [1.807, 2.05) is 72.8 Å². The van der Waals surface area contributed by atoms with E-state index in [1.165, 1.54) is 0 Å². The van der Waals surface area contributed by atoms with E-state index >= 15 is 0 Å². The number of nitriles is 1. The highest BCUT2D eigenvalue weighted by atomic mass is 35.5. The summed E-state index contributed by atoms with van der Waals surface area (Å²) < 4.78 is 5.83. The molecule has 33 heavy (non-hydrogen) atoms. The largest absolute Gasteiger partial charge is 0.489 e. The zero-order valence-corrected chi connectivity index (χ0v) is 18.1. The molecule has 0 saturated carbocycles. The SMILES string of the molecule is N#Cc1c(-c2ccccc2)nc(NN=Cc2cccc(OCc3ccc(Cl)cc3)c2)[nH]c1=O. The quantitative estimate of drug-likeness (QED) is 0.302. The second kappa shape index (κ2) is 10.3. The van der Waals surface area contributed by atoms with Crippen LogP contribution in [0.2, 0.25) is 5.02 Å². The molecule has 1 aromatic heterocycles. The van der Waals surface area contributed by atoms with Crippen LogP contribution in [0.4, 0.5) is 5.95 Å². The van der Waals surface area contributed by atoms with Crippen molar-refractivity contribution < 1.29 is 4.74 Å². The number of ether oxygens (including phenoxy) is 1. The summed E-state index contributed by atoms with van der Waals surface area (Å²) in [6.07, 6.45) is 1.58. The highest BCUT2D eigenvalue weighted by Gasteiger charge is 2.12. The summed E-state index contributed by atoms with van der Waals surface area (Å²) in [5, 5.41) is 14.2. The normalized spacial score (nSPS) is 10.7. The molecule has 4 rings (SSSR count).